The highest BCUT2D eigenvalue weighted by molar-refractivity contribution is 14.1. The number of rotatable bonds is 4. The Morgan fingerprint density at radius 1 is 1.19 bits per heavy atom. The van der Waals surface area contributed by atoms with Crippen molar-refractivity contribution in [3.8, 4) is 5.75 Å². The normalized spacial score (nSPS) is 10.3. The van der Waals surface area contributed by atoms with E-state index in [-0.39, 0.29) is 12.5 Å². The Kier molecular flexibility index (Phi) is 5.72. The van der Waals surface area contributed by atoms with Gasteiger partial charge in [0.15, 0.2) is 6.61 Å². The van der Waals surface area contributed by atoms with Crippen LogP contribution in [-0.2, 0) is 4.79 Å². The van der Waals surface area contributed by atoms with Crippen LogP contribution in [0.5, 0.6) is 5.75 Å². The van der Waals surface area contributed by atoms with Gasteiger partial charge in [0.1, 0.15) is 5.75 Å². The fourth-order valence-corrected chi connectivity index (χ4v) is 2.87. The largest absolute Gasteiger partial charge is 0.484 e. The van der Waals surface area contributed by atoms with Crippen molar-refractivity contribution in [2.24, 2.45) is 0 Å². The van der Waals surface area contributed by atoms with Gasteiger partial charge < -0.3 is 10.1 Å². The molecule has 0 saturated heterocycles. The summed E-state index contributed by atoms with van der Waals surface area (Å²) in [7, 11) is 0. The highest BCUT2D eigenvalue weighted by Crippen LogP contribution is 2.24. The maximum absolute atomic E-state index is 11.9. The topological polar surface area (TPSA) is 38.3 Å². The van der Waals surface area contributed by atoms with Gasteiger partial charge in [-0.05, 0) is 71.5 Å². The van der Waals surface area contributed by atoms with Gasteiger partial charge in [-0.3, -0.25) is 4.79 Å². The van der Waals surface area contributed by atoms with Crippen LogP contribution in [0.25, 0.3) is 0 Å². The van der Waals surface area contributed by atoms with E-state index < -0.39 is 0 Å². The van der Waals surface area contributed by atoms with Gasteiger partial charge in [0.2, 0.25) is 0 Å². The lowest BCUT2D eigenvalue weighted by Gasteiger charge is -2.10. The average molecular weight is 436 g/mol. The second kappa shape index (κ2) is 7.33. The SMILES string of the molecule is Cc1cc(I)ccc1NC(=O)COc1cc(Cl)cc(Cl)c1. The molecule has 0 heterocycles. The third-order valence-electron chi connectivity index (χ3n) is 2.67. The second-order valence-electron chi connectivity index (χ2n) is 4.40. The molecule has 0 aliphatic rings. The van der Waals surface area contributed by atoms with Gasteiger partial charge >= 0.3 is 0 Å². The van der Waals surface area contributed by atoms with Crippen molar-refractivity contribution in [1.82, 2.24) is 0 Å². The van der Waals surface area contributed by atoms with Crippen molar-refractivity contribution in [2.75, 3.05) is 11.9 Å². The van der Waals surface area contributed by atoms with Crippen molar-refractivity contribution < 1.29 is 9.53 Å². The van der Waals surface area contributed by atoms with Crippen molar-refractivity contribution >= 4 is 57.4 Å². The summed E-state index contributed by atoms with van der Waals surface area (Å²) in [6, 6.07) is 10.6. The average Bonchev–Trinajstić information content (AvgIpc) is 2.39. The Bertz CT molecular complexity index is 656. The lowest BCUT2D eigenvalue weighted by atomic mass is 10.2. The predicted molar refractivity (Wildman–Crippen MR) is 94.5 cm³/mol. The quantitative estimate of drug-likeness (QED) is 0.692. The van der Waals surface area contributed by atoms with E-state index in [1.807, 2.05) is 25.1 Å². The molecule has 0 unspecified atom stereocenters. The van der Waals surface area contributed by atoms with E-state index in [2.05, 4.69) is 27.9 Å². The Hall–Kier alpha value is -0.980. The van der Waals surface area contributed by atoms with Gasteiger partial charge in [-0.1, -0.05) is 23.2 Å². The van der Waals surface area contributed by atoms with Gasteiger partial charge in [0.25, 0.3) is 5.91 Å². The summed E-state index contributed by atoms with van der Waals surface area (Å²) in [5.41, 5.74) is 1.77. The van der Waals surface area contributed by atoms with Crippen molar-refractivity contribution in [1.29, 1.82) is 0 Å². The maximum atomic E-state index is 11.9. The van der Waals surface area contributed by atoms with Gasteiger partial charge in [-0.2, -0.15) is 0 Å². The van der Waals surface area contributed by atoms with Crippen LogP contribution in [0.15, 0.2) is 36.4 Å². The van der Waals surface area contributed by atoms with E-state index in [9.17, 15) is 4.79 Å². The summed E-state index contributed by atoms with van der Waals surface area (Å²) in [6.07, 6.45) is 0. The van der Waals surface area contributed by atoms with Crippen LogP contribution >= 0.6 is 45.8 Å². The molecule has 1 N–H and O–H groups in total. The molecule has 0 bridgehead atoms. The van der Waals surface area contributed by atoms with Crippen molar-refractivity contribution in [2.45, 2.75) is 6.92 Å². The first-order chi connectivity index (χ1) is 9.94. The van der Waals surface area contributed by atoms with Gasteiger partial charge in [-0.25, -0.2) is 0 Å². The summed E-state index contributed by atoms with van der Waals surface area (Å²) in [5, 5.41) is 3.73. The Balaban J connectivity index is 1.95. The number of hydrogen-bond donors (Lipinski definition) is 1. The van der Waals surface area contributed by atoms with Crippen LogP contribution in [0, 0.1) is 10.5 Å². The van der Waals surface area contributed by atoms with Crippen LogP contribution in [-0.4, -0.2) is 12.5 Å². The molecule has 0 fully saturated rings. The molecule has 2 aromatic rings. The molecule has 110 valence electrons. The molecule has 2 rings (SSSR count). The van der Waals surface area contributed by atoms with Gasteiger partial charge in [0.05, 0.1) is 0 Å². The smallest absolute Gasteiger partial charge is 0.262 e. The van der Waals surface area contributed by atoms with Crippen LogP contribution in [0.4, 0.5) is 5.69 Å². The highest BCUT2D eigenvalue weighted by Gasteiger charge is 2.07. The van der Waals surface area contributed by atoms with E-state index in [4.69, 9.17) is 27.9 Å². The number of amides is 1. The zero-order valence-corrected chi connectivity index (χ0v) is 14.8. The third-order valence-corrected chi connectivity index (χ3v) is 3.78. The summed E-state index contributed by atoms with van der Waals surface area (Å²) < 4.78 is 6.50. The molecule has 21 heavy (non-hydrogen) atoms. The number of carbonyl (C=O) groups excluding carboxylic acids is 1. The molecule has 0 aromatic heterocycles. The predicted octanol–water partition coefficient (Wildman–Crippen LogP) is 4.92. The molecule has 0 atom stereocenters. The van der Waals surface area contributed by atoms with Crippen LogP contribution in [0.2, 0.25) is 10.0 Å². The molecule has 2 aromatic carbocycles. The lowest BCUT2D eigenvalue weighted by molar-refractivity contribution is -0.118. The van der Waals surface area contributed by atoms with Crippen LogP contribution in [0.3, 0.4) is 0 Å². The monoisotopic (exact) mass is 435 g/mol. The standard InChI is InChI=1S/C15H12Cl2INO2/c1-9-4-12(18)2-3-14(9)19-15(20)8-21-13-6-10(16)5-11(17)7-13/h2-7H,8H2,1H3,(H,19,20). The summed E-state index contributed by atoms with van der Waals surface area (Å²) in [5.74, 6) is 0.220. The number of anilines is 1. The first-order valence-electron chi connectivity index (χ1n) is 6.09. The molecule has 3 nitrogen and oxygen atoms in total. The van der Waals surface area contributed by atoms with Crippen LogP contribution < -0.4 is 10.1 Å². The lowest BCUT2D eigenvalue weighted by Crippen LogP contribution is -2.20. The second-order valence-corrected chi connectivity index (χ2v) is 6.52. The molecule has 1 amide bonds. The number of aryl methyl sites for hydroxylation is 1. The van der Waals surface area contributed by atoms with Gasteiger partial charge in [0, 0.05) is 19.3 Å². The van der Waals surface area contributed by atoms with Crippen molar-refractivity contribution in [3.63, 3.8) is 0 Å². The van der Waals surface area contributed by atoms with E-state index in [1.165, 1.54) is 0 Å². The molecule has 0 radical (unpaired) electrons. The van der Waals surface area contributed by atoms with E-state index in [1.54, 1.807) is 18.2 Å². The Morgan fingerprint density at radius 2 is 1.86 bits per heavy atom. The minimum absolute atomic E-state index is 0.109. The zero-order valence-electron chi connectivity index (χ0n) is 11.1. The molecule has 0 aliphatic heterocycles. The van der Waals surface area contributed by atoms with E-state index >= 15 is 0 Å². The number of ether oxygens (including phenoxy) is 1. The van der Waals surface area contributed by atoms with Crippen molar-refractivity contribution in [3.05, 3.63) is 55.6 Å². The first-order valence-corrected chi connectivity index (χ1v) is 7.92. The molecule has 0 aliphatic carbocycles. The third kappa shape index (κ3) is 5.05. The van der Waals surface area contributed by atoms with E-state index in [0.29, 0.717) is 15.8 Å². The zero-order chi connectivity index (χ0) is 15.4. The number of benzene rings is 2. The molecule has 0 saturated carbocycles. The Labute approximate surface area is 146 Å². The molecule has 0 spiro atoms. The summed E-state index contributed by atoms with van der Waals surface area (Å²) in [6.45, 7) is 1.83. The Morgan fingerprint density at radius 3 is 2.48 bits per heavy atom. The molecular formula is C15H12Cl2INO2. The fourth-order valence-electron chi connectivity index (χ4n) is 1.71. The first kappa shape index (κ1) is 16.4. The minimum Gasteiger partial charge on any atom is -0.484 e. The molecular weight excluding hydrogens is 424 g/mol. The number of carbonyl (C=O) groups is 1. The number of halogens is 3. The minimum atomic E-state index is -0.240. The number of hydrogen-bond acceptors (Lipinski definition) is 2. The summed E-state index contributed by atoms with van der Waals surface area (Å²) >= 11 is 14.0. The van der Waals surface area contributed by atoms with Gasteiger partial charge in [-0.15, -0.1) is 0 Å². The summed E-state index contributed by atoms with van der Waals surface area (Å²) in [4.78, 5) is 11.9. The highest BCUT2D eigenvalue weighted by atomic mass is 127. The number of nitrogens with one attached hydrogen (secondary N) is 1. The van der Waals surface area contributed by atoms with Crippen LogP contribution in [0.1, 0.15) is 5.56 Å². The van der Waals surface area contributed by atoms with E-state index in [0.717, 1.165) is 14.8 Å². The fraction of sp³-hybridized carbons (Fsp3) is 0.133. The maximum Gasteiger partial charge on any atom is 0.262 e. The molecule has 6 heteroatoms.